The molecule has 90 valence electrons. The van der Waals surface area contributed by atoms with Gasteiger partial charge in [0.05, 0.1) is 12.0 Å². The summed E-state index contributed by atoms with van der Waals surface area (Å²) in [4.78, 5) is 10.0. The van der Waals surface area contributed by atoms with E-state index in [9.17, 15) is 4.91 Å². The second-order valence-corrected chi connectivity index (χ2v) is 3.13. The zero-order valence-corrected chi connectivity index (χ0v) is 9.50. The van der Waals surface area contributed by atoms with Gasteiger partial charge in [-0.2, -0.15) is 0 Å². The van der Waals surface area contributed by atoms with Gasteiger partial charge in [0.2, 0.25) is 4.92 Å². The molecule has 1 aromatic rings. The summed E-state index contributed by atoms with van der Waals surface area (Å²) in [7, 11) is 1.52. The van der Waals surface area contributed by atoms with Crippen molar-refractivity contribution in [2.45, 2.75) is 0 Å². The molecule has 17 heavy (non-hydrogen) atoms. The van der Waals surface area contributed by atoms with Crippen LogP contribution in [0.15, 0.2) is 37.1 Å². The molecule has 5 nitrogen and oxygen atoms in total. The normalized spacial score (nSPS) is 10.2. The highest BCUT2D eigenvalue weighted by molar-refractivity contribution is 5.55. The third-order valence-electron chi connectivity index (χ3n) is 1.94. The predicted octanol–water partition coefficient (Wildman–Crippen LogP) is 2.40. The van der Waals surface area contributed by atoms with E-state index < -0.39 is 0 Å². The van der Waals surface area contributed by atoms with Gasteiger partial charge < -0.3 is 9.47 Å². The lowest BCUT2D eigenvalue weighted by molar-refractivity contribution is -0.741. The van der Waals surface area contributed by atoms with E-state index in [1.165, 1.54) is 13.2 Å². The van der Waals surface area contributed by atoms with Crippen molar-refractivity contribution in [3.05, 3.63) is 47.5 Å². The van der Waals surface area contributed by atoms with E-state index >= 15 is 0 Å². The molecule has 0 unspecified atom stereocenters. The summed E-state index contributed by atoms with van der Waals surface area (Å²) in [6, 6.07) is 5.15. The largest absolute Gasteiger partial charge is 0.493 e. The predicted molar refractivity (Wildman–Crippen MR) is 63.1 cm³/mol. The van der Waals surface area contributed by atoms with E-state index in [2.05, 4.69) is 6.58 Å². The summed E-state index contributed by atoms with van der Waals surface area (Å²) in [6.07, 6.45) is 4.07. The minimum absolute atomic E-state index is 0.269. The highest BCUT2D eigenvalue weighted by atomic mass is 16.6. The van der Waals surface area contributed by atoms with Gasteiger partial charge in [-0.1, -0.05) is 18.7 Å². The van der Waals surface area contributed by atoms with Gasteiger partial charge in [0.25, 0.3) is 6.20 Å². The highest BCUT2D eigenvalue weighted by Crippen LogP contribution is 2.28. The lowest BCUT2D eigenvalue weighted by Crippen LogP contribution is -1.96. The molecule has 0 atom stereocenters. The Morgan fingerprint density at radius 1 is 1.47 bits per heavy atom. The standard InChI is InChI=1S/C12H14NO4/c1-3-8-17-11-5-4-10(6-7-13(14)15)9-12(11)16-2/h3-7,9H,1,8H2,2H3,(H,14,15)/q+1/b7-6+. The maximum Gasteiger partial charge on any atom is 0.282 e. The summed E-state index contributed by atoms with van der Waals surface area (Å²) < 4.78 is 10.5. The Bertz CT molecular complexity index is 440. The molecule has 0 aliphatic heterocycles. The van der Waals surface area contributed by atoms with Gasteiger partial charge in [-0.25, -0.2) is 5.21 Å². The Morgan fingerprint density at radius 3 is 2.82 bits per heavy atom. The fraction of sp³-hybridized carbons (Fsp3) is 0.167. The van der Waals surface area contributed by atoms with E-state index in [4.69, 9.17) is 14.7 Å². The maximum absolute atomic E-state index is 10.3. The Labute approximate surface area is 99.1 Å². The second-order valence-electron chi connectivity index (χ2n) is 3.13. The molecule has 0 aliphatic rings. The van der Waals surface area contributed by atoms with E-state index in [0.717, 1.165) is 6.20 Å². The third kappa shape index (κ3) is 3.98. The van der Waals surface area contributed by atoms with Crippen LogP contribution in [0.1, 0.15) is 5.56 Å². The van der Waals surface area contributed by atoms with Gasteiger partial charge in [-0.05, 0) is 17.7 Å². The van der Waals surface area contributed by atoms with Crippen molar-refractivity contribution in [3.8, 4) is 11.5 Å². The molecule has 0 heterocycles. The average molecular weight is 236 g/mol. The number of hydrogen-bond acceptors (Lipinski definition) is 3. The van der Waals surface area contributed by atoms with Crippen LogP contribution in [-0.2, 0) is 0 Å². The second kappa shape index (κ2) is 6.32. The zero-order chi connectivity index (χ0) is 12.7. The Kier molecular flexibility index (Phi) is 4.75. The average Bonchev–Trinajstić information content (AvgIpc) is 2.34. The van der Waals surface area contributed by atoms with Gasteiger partial charge >= 0.3 is 0 Å². The summed E-state index contributed by atoms with van der Waals surface area (Å²) in [6.45, 7) is 3.94. The van der Waals surface area contributed by atoms with Crippen LogP contribution in [0.25, 0.3) is 6.08 Å². The van der Waals surface area contributed by atoms with Gasteiger partial charge in [0.1, 0.15) is 6.61 Å². The first-order valence-electron chi connectivity index (χ1n) is 4.92. The topological polar surface area (TPSA) is 58.8 Å². The summed E-state index contributed by atoms with van der Waals surface area (Å²) >= 11 is 0. The quantitative estimate of drug-likeness (QED) is 0.608. The Balaban J connectivity index is 2.91. The highest BCUT2D eigenvalue weighted by Gasteiger charge is 2.05. The van der Waals surface area contributed by atoms with Gasteiger partial charge in [0.15, 0.2) is 11.5 Å². The van der Waals surface area contributed by atoms with Crippen molar-refractivity contribution in [2.24, 2.45) is 0 Å². The maximum atomic E-state index is 10.3. The molecule has 5 heteroatoms. The van der Waals surface area contributed by atoms with Gasteiger partial charge in [-0.15, -0.1) is 0 Å². The molecule has 0 aliphatic carbocycles. The van der Waals surface area contributed by atoms with Crippen molar-refractivity contribution >= 4 is 6.08 Å². The minimum Gasteiger partial charge on any atom is -0.493 e. The molecular weight excluding hydrogens is 222 g/mol. The molecule has 0 radical (unpaired) electrons. The molecular formula is C12H14NO4+. The minimum atomic E-state index is -0.269. The van der Waals surface area contributed by atoms with Crippen molar-refractivity contribution in [2.75, 3.05) is 13.7 Å². The fourth-order valence-corrected chi connectivity index (χ4v) is 1.21. The van der Waals surface area contributed by atoms with E-state index in [1.54, 1.807) is 24.3 Å². The first kappa shape index (κ1) is 12.8. The van der Waals surface area contributed by atoms with Crippen LogP contribution >= 0.6 is 0 Å². The van der Waals surface area contributed by atoms with Crippen molar-refractivity contribution in [1.29, 1.82) is 0 Å². The van der Waals surface area contributed by atoms with Crippen molar-refractivity contribution in [3.63, 3.8) is 0 Å². The molecule has 0 fully saturated rings. The number of rotatable bonds is 6. The molecule has 0 saturated carbocycles. The van der Waals surface area contributed by atoms with Crippen LogP contribution in [0.2, 0.25) is 0 Å². The van der Waals surface area contributed by atoms with Crippen LogP contribution in [0, 0.1) is 4.91 Å². The van der Waals surface area contributed by atoms with Crippen LogP contribution < -0.4 is 9.47 Å². The van der Waals surface area contributed by atoms with Crippen LogP contribution in [0.3, 0.4) is 0 Å². The lowest BCUT2D eigenvalue weighted by Gasteiger charge is -2.09. The van der Waals surface area contributed by atoms with E-state index in [0.29, 0.717) is 23.7 Å². The molecule has 0 spiro atoms. The Hall–Kier alpha value is -2.30. The SMILES string of the molecule is C=CCOc1ccc(/C=C/[N+](=O)O)cc1OC. The van der Waals surface area contributed by atoms with Crippen molar-refractivity contribution in [1.82, 2.24) is 0 Å². The number of nitrogens with zero attached hydrogens (tertiary/aromatic N) is 1. The Morgan fingerprint density at radius 2 is 2.24 bits per heavy atom. The third-order valence-corrected chi connectivity index (χ3v) is 1.94. The zero-order valence-electron chi connectivity index (χ0n) is 9.50. The molecule has 1 aromatic carbocycles. The molecule has 1 N–H and O–H groups in total. The molecule has 0 saturated heterocycles. The molecule has 0 aromatic heterocycles. The van der Waals surface area contributed by atoms with E-state index in [1.807, 2.05) is 0 Å². The fourth-order valence-electron chi connectivity index (χ4n) is 1.21. The van der Waals surface area contributed by atoms with Gasteiger partial charge in [-0.3, -0.25) is 0 Å². The molecule has 1 rings (SSSR count). The molecule has 0 amide bonds. The van der Waals surface area contributed by atoms with Crippen molar-refractivity contribution < 1.29 is 19.6 Å². The summed E-state index contributed by atoms with van der Waals surface area (Å²) in [5.41, 5.74) is 0.711. The van der Waals surface area contributed by atoms with Gasteiger partial charge in [0, 0.05) is 6.08 Å². The number of hydrogen-bond donors (Lipinski definition) is 1. The summed E-state index contributed by atoms with van der Waals surface area (Å²) in [5, 5.41) is 8.43. The lowest BCUT2D eigenvalue weighted by atomic mass is 10.2. The number of methoxy groups -OCH3 is 1. The summed E-state index contributed by atoms with van der Waals surface area (Å²) in [5.74, 6) is 1.14. The first-order chi connectivity index (χ1) is 8.17. The monoisotopic (exact) mass is 236 g/mol. The van der Waals surface area contributed by atoms with E-state index in [-0.39, 0.29) is 4.92 Å². The number of ether oxygens (including phenoxy) is 2. The smallest absolute Gasteiger partial charge is 0.282 e. The first-order valence-corrected chi connectivity index (χ1v) is 4.92. The van der Waals surface area contributed by atoms with Crippen LogP contribution in [0.4, 0.5) is 0 Å². The number of benzene rings is 1. The molecule has 0 bridgehead atoms. The van der Waals surface area contributed by atoms with Crippen LogP contribution in [-0.4, -0.2) is 23.8 Å². The van der Waals surface area contributed by atoms with Crippen LogP contribution in [0.5, 0.6) is 11.5 Å².